The summed E-state index contributed by atoms with van der Waals surface area (Å²) in [5, 5.41) is 2.81. The Morgan fingerprint density at radius 2 is 1.80 bits per heavy atom. The molecule has 2 aromatic rings. The van der Waals surface area contributed by atoms with Crippen LogP contribution in [0.2, 0.25) is 15.1 Å². The second-order valence-corrected chi connectivity index (χ2v) is 7.37. The van der Waals surface area contributed by atoms with Crippen LogP contribution in [0, 0.1) is 19.3 Å². The third-order valence-electron chi connectivity index (χ3n) is 4.21. The van der Waals surface area contributed by atoms with E-state index in [1.165, 1.54) is 18.2 Å². The second-order valence-electron chi connectivity index (χ2n) is 6.15. The molecular formula is C21H13Cl3N2O4. The zero-order chi connectivity index (χ0) is 22.0. The summed E-state index contributed by atoms with van der Waals surface area (Å²) in [7, 11) is 0. The molecule has 0 aromatic heterocycles. The zero-order valence-electron chi connectivity index (χ0n) is 15.5. The Hall–Kier alpha value is -2.98. The van der Waals surface area contributed by atoms with Crippen molar-refractivity contribution in [1.82, 2.24) is 5.32 Å². The van der Waals surface area contributed by atoms with Gasteiger partial charge in [0.2, 0.25) is 0 Å². The molecule has 1 aliphatic heterocycles. The predicted octanol–water partition coefficient (Wildman–Crippen LogP) is 4.63. The first-order chi connectivity index (χ1) is 14.2. The molecule has 6 nitrogen and oxygen atoms in total. The number of urea groups is 1. The Kier molecular flexibility index (Phi) is 6.37. The van der Waals surface area contributed by atoms with E-state index in [1.54, 1.807) is 25.1 Å². The van der Waals surface area contributed by atoms with Crippen molar-refractivity contribution in [3.05, 3.63) is 62.1 Å². The van der Waals surface area contributed by atoms with E-state index >= 15 is 0 Å². The van der Waals surface area contributed by atoms with Crippen LogP contribution >= 0.6 is 34.8 Å². The summed E-state index contributed by atoms with van der Waals surface area (Å²) in [6, 6.07) is 6.82. The first-order valence-electron chi connectivity index (χ1n) is 8.46. The van der Waals surface area contributed by atoms with Gasteiger partial charge in [0.15, 0.2) is 5.75 Å². The average molecular weight is 464 g/mol. The lowest BCUT2D eigenvalue weighted by molar-refractivity contribution is -0.122. The molecule has 152 valence electrons. The van der Waals surface area contributed by atoms with Gasteiger partial charge in [0, 0.05) is 5.02 Å². The Balaban J connectivity index is 2.03. The number of hydrogen-bond donors (Lipinski definition) is 1. The van der Waals surface area contributed by atoms with Gasteiger partial charge < -0.3 is 4.74 Å². The third-order valence-corrected chi connectivity index (χ3v) is 5.18. The van der Waals surface area contributed by atoms with Crippen LogP contribution in [0.25, 0.3) is 6.08 Å². The van der Waals surface area contributed by atoms with Gasteiger partial charge in [-0.05, 0) is 48.4 Å². The molecule has 1 heterocycles. The Morgan fingerprint density at radius 3 is 2.43 bits per heavy atom. The number of nitrogens with zero attached hydrogens (tertiary/aromatic N) is 1. The number of nitrogens with one attached hydrogen (secondary N) is 1. The smallest absolute Gasteiger partial charge is 0.335 e. The molecule has 0 atom stereocenters. The Labute approximate surface area is 187 Å². The molecule has 0 bridgehead atoms. The van der Waals surface area contributed by atoms with E-state index in [2.05, 4.69) is 11.2 Å². The quantitative estimate of drug-likeness (QED) is 0.407. The number of anilines is 1. The summed E-state index contributed by atoms with van der Waals surface area (Å²) in [4.78, 5) is 38.6. The highest BCUT2D eigenvalue weighted by atomic mass is 35.5. The molecule has 0 spiro atoms. The van der Waals surface area contributed by atoms with E-state index in [1.807, 2.05) is 0 Å². The molecule has 1 N–H and O–H groups in total. The van der Waals surface area contributed by atoms with Crippen molar-refractivity contribution < 1.29 is 19.1 Å². The fourth-order valence-electron chi connectivity index (χ4n) is 2.80. The number of hydrogen-bond acceptors (Lipinski definition) is 4. The maximum absolute atomic E-state index is 13.0. The molecule has 3 rings (SSSR count). The van der Waals surface area contributed by atoms with Crippen LogP contribution in [-0.4, -0.2) is 24.5 Å². The second kappa shape index (κ2) is 8.80. The largest absolute Gasteiger partial charge is 0.478 e. The van der Waals surface area contributed by atoms with Crippen LogP contribution in [0.4, 0.5) is 10.5 Å². The number of ether oxygens (including phenoxy) is 1. The average Bonchev–Trinajstić information content (AvgIpc) is 2.67. The van der Waals surface area contributed by atoms with E-state index in [0.717, 1.165) is 4.90 Å². The maximum atomic E-state index is 13.0. The van der Waals surface area contributed by atoms with Gasteiger partial charge in [-0.25, -0.2) is 9.69 Å². The lowest BCUT2D eigenvalue weighted by atomic mass is 10.1. The zero-order valence-corrected chi connectivity index (χ0v) is 17.7. The number of barbiturate groups is 1. The van der Waals surface area contributed by atoms with Crippen LogP contribution in [0.5, 0.6) is 5.75 Å². The first-order valence-corrected chi connectivity index (χ1v) is 9.60. The van der Waals surface area contributed by atoms with Gasteiger partial charge in [-0.15, -0.1) is 6.42 Å². The van der Waals surface area contributed by atoms with Gasteiger partial charge in [-0.2, -0.15) is 0 Å². The number of carbonyl (C=O) groups excluding carboxylic acids is 3. The highest BCUT2D eigenvalue weighted by molar-refractivity contribution is 6.40. The maximum Gasteiger partial charge on any atom is 0.335 e. The van der Waals surface area contributed by atoms with E-state index < -0.39 is 17.8 Å². The van der Waals surface area contributed by atoms with E-state index in [9.17, 15) is 14.4 Å². The van der Waals surface area contributed by atoms with Gasteiger partial charge in [-0.1, -0.05) is 46.8 Å². The summed E-state index contributed by atoms with van der Waals surface area (Å²) in [6.07, 6.45) is 6.44. The first kappa shape index (κ1) is 21.7. The van der Waals surface area contributed by atoms with E-state index in [0.29, 0.717) is 16.1 Å². The van der Waals surface area contributed by atoms with Crippen molar-refractivity contribution in [2.24, 2.45) is 0 Å². The lowest BCUT2D eigenvalue weighted by Crippen LogP contribution is -2.54. The number of terminal acetylenes is 1. The van der Waals surface area contributed by atoms with Crippen molar-refractivity contribution >= 4 is 64.4 Å². The molecule has 9 heteroatoms. The molecule has 1 aliphatic rings. The SMILES string of the molecule is C#CCOc1c(Cl)cc(/C=C2\C(=O)NC(=O)N(c3cccc(Cl)c3C)C2=O)cc1Cl. The molecule has 1 fully saturated rings. The Bertz CT molecular complexity index is 1130. The minimum atomic E-state index is -0.874. The highest BCUT2D eigenvalue weighted by Crippen LogP contribution is 2.35. The van der Waals surface area contributed by atoms with Gasteiger partial charge >= 0.3 is 6.03 Å². The number of imide groups is 2. The molecule has 0 unspecified atom stereocenters. The minimum absolute atomic E-state index is 0.0309. The van der Waals surface area contributed by atoms with Crippen molar-refractivity contribution in [1.29, 1.82) is 0 Å². The van der Waals surface area contributed by atoms with Crippen LogP contribution < -0.4 is 15.0 Å². The highest BCUT2D eigenvalue weighted by Gasteiger charge is 2.37. The fraction of sp³-hybridized carbons (Fsp3) is 0.0952. The number of amides is 4. The van der Waals surface area contributed by atoms with E-state index in [-0.39, 0.29) is 33.7 Å². The van der Waals surface area contributed by atoms with Gasteiger partial charge in [0.1, 0.15) is 12.2 Å². The topological polar surface area (TPSA) is 75.7 Å². The Morgan fingerprint density at radius 1 is 1.13 bits per heavy atom. The van der Waals surface area contributed by atoms with Crippen LogP contribution in [0.1, 0.15) is 11.1 Å². The van der Waals surface area contributed by atoms with Gasteiger partial charge in [0.25, 0.3) is 11.8 Å². The predicted molar refractivity (Wildman–Crippen MR) is 116 cm³/mol. The molecule has 30 heavy (non-hydrogen) atoms. The number of rotatable bonds is 4. The minimum Gasteiger partial charge on any atom is -0.478 e. The van der Waals surface area contributed by atoms with Crippen molar-refractivity contribution in [2.45, 2.75) is 6.92 Å². The monoisotopic (exact) mass is 462 g/mol. The van der Waals surface area contributed by atoms with Crippen LogP contribution in [0.3, 0.4) is 0 Å². The van der Waals surface area contributed by atoms with Gasteiger partial charge in [0.05, 0.1) is 15.7 Å². The molecule has 1 saturated heterocycles. The van der Waals surface area contributed by atoms with Crippen molar-refractivity contribution in [3.8, 4) is 18.1 Å². The van der Waals surface area contributed by atoms with Crippen LogP contribution in [-0.2, 0) is 9.59 Å². The third kappa shape index (κ3) is 4.14. The summed E-state index contributed by atoms with van der Waals surface area (Å²) in [6.45, 7) is 1.63. The molecule has 4 amide bonds. The summed E-state index contributed by atoms with van der Waals surface area (Å²) in [5.41, 5.74) is 0.849. The number of benzene rings is 2. The molecule has 0 saturated carbocycles. The summed E-state index contributed by atoms with van der Waals surface area (Å²) < 4.78 is 5.28. The van der Waals surface area contributed by atoms with E-state index in [4.69, 9.17) is 46.0 Å². The normalized spacial score (nSPS) is 15.2. The van der Waals surface area contributed by atoms with Crippen molar-refractivity contribution in [3.63, 3.8) is 0 Å². The standard InChI is InChI=1S/C21H13Cl3N2O4/c1-3-7-30-18-15(23)9-12(10-16(18)24)8-13-19(27)25-21(29)26(20(13)28)17-6-4-5-14(22)11(17)2/h1,4-6,8-10H,7H2,2H3,(H,25,27,29)/b13-8+. The molecular weight excluding hydrogens is 451 g/mol. The fourth-order valence-corrected chi connectivity index (χ4v) is 3.58. The lowest BCUT2D eigenvalue weighted by Gasteiger charge is -2.27. The number of carbonyl (C=O) groups is 3. The van der Waals surface area contributed by atoms with Crippen LogP contribution in [0.15, 0.2) is 35.9 Å². The summed E-state index contributed by atoms with van der Waals surface area (Å²) in [5.74, 6) is 0.827. The molecule has 0 radical (unpaired) electrons. The number of halogens is 3. The summed E-state index contributed by atoms with van der Waals surface area (Å²) >= 11 is 18.5. The van der Waals surface area contributed by atoms with Gasteiger partial charge in [-0.3, -0.25) is 14.9 Å². The molecule has 2 aromatic carbocycles. The molecule has 0 aliphatic carbocycles. The van der Waals surface area contributed by atoms with Crippen molar-refractivity contribution in [2.75, 3.05) is 11.5 Å².